The molecule has 1 aliphatic rings. The number of carboxylic acids is 1. The maximum atomic E-state index is 13.3. The third-order valence-corrected chi connectivity index (χ3v) is 9.64. The Morgan fingerprint density at radius 1 is 0.938 bits per heavy atom. The first-order valence-corrected chi connectivity index (χ1v) is 13.1. The van der Waals surface area contributed by atoms with E-state index in [1.165, 1.54) is 41.6 Å². The maximum absolute atomic E-state index is 13.3. The van der Waals surface area contributed by atoms with E-state index in [-0.39, 0.29) is 26.3 Å². The Morgan fingerprint density at radius 2 is 1.56 bits per heavy atom. The second kappa shape index (κ2) is 8.02. The van der Waals surface area contributed by atoms with E-state index in [1.54, 1.807) is 18.2 Å². The van der Waals surface area contributed by atoms with E-state index in [4.69, 9.17) is 0 Å². The average molecular weight is 477 g/mol. The van der Waals surface area contributed by atoms with Crippen LogP contribution in [0, 0.1) is 12.8 Å². The van der Waals surface area contributed by atoms with E-state index in [0.717, 1.165) is 16.8 Å². The predicted molar refractivity (Wildman–Crippen MR) is 120 cm³/mol. The largest absolute Gasteiger partial charge is 0.477 e. The number of piperidine rings is 1. The van der Waals surface area contributed by atoms with E-state index >= 15 is 0 Å². The molecule has 0 spiro atoms. The van der Waals surface area contributed by atoms with Gasteiger partial charge in [-0.1, -0.05) is 25.1 Å². The molecule has 1 saturated heterocycles. The first-order chi connectivity index (χ1) is 15.0. The van der Waals surface area contributed by atoms with Crippen molar-refractivity contribution in [2.75, 3.05) is 13.1 Å². The molecular formula is C22H24N2O6S2. The van der Waals surface area contributed by atoms with Gasteiger partial charge in [-0.2, -0.15) is 4.31 Å². The maximum Gasteiger partial charge on any atom is 0.353 e. The van der Waals surface area contributed by atoms with E-state index in [9.17, 15) is 26.7 Å². The van der Waals surface area contributed by atoms with Gasteiger partial charge in [-0.25, -0.2) is 25.6 Å². The van der Waals surface area contributed by atoms with Crippen LogP contribution in [-0.4, -0.2) is 49.3 Å². The molecule has 1 aliphatic heterocycles. The molecule has 0 bridgehead atoms. The first kappa shape index (κ1) is 22.5. The highest BCUT2D eigenvalue weighted by Gasteiger charge is 2.32. The van der Waals surface area contributed by atoms with Gasteiger partial charge in [0.15, 0.2) is 0 Å². The third-order valence-electron chi connectivity index (χ3n) is 6.01. The molecule has 2 aromatic carbocycles. The van der Waals surface area contributed by atoms with Crippen molar-refractivity contribution in [3.8, 4) is 0 Å². The zero-order chi connectivity index (χ0) is 23.3. The minimum absolute atomic E-state index is 0.0221. The van der Waals surface area contributed by atoms with Gasteiger partial charge >= 0.3 is 5.97 Å². The molecule has 0 atom stereocenters. The Morgan fingerprint density at radius 3 is 2.16 bits per heavy atom. The van der Waals surface area contributed by atoms with Crippen molar-refractivity contribution < 1.29 is 26.7 Å². The number of carboxylic acid groups (broad SMARTS) is 1. The number of aromatic carboxylic acids is 1. The summed E-state index contributed by atoms with van der Waals surface area (Å²) in [5, 5.41) is 10.1. The van der Waals surface area contributed by atoms with E-state index in [0.29, 0.717) is 19.0 Å². The normalized spacial score (nSPS) is 16.4. The SMILES string of the molecule is Cc1c(C(=O)O)n(S(=O)(=O)c2ccccc2)c2ccc(S(=O)(=O)N3CCC(C)CC3)cc12. The topological polar surface area (TPSA) is 114 Å². The van der Waals surface area contributed by atoms with Crippen molar-refractivity contribution in [1.29, 1.82) is 0 Å². The molecule has 1 aromatic heterocycles. The molecule has 4 rings (SSSR count). The fourth-order valence-electron chi connectivity index (χ4n) is 4.12. The molecular weight excluding hydrogens is 452 g/mol. The van der Waals surface area contributed by atoms with E-state index in [1.807, 2.05) is 0 Å². The molecule has 0 saturated carbocycles. The summed E-state index contributed by atoms with van der Waals surface area (Å²) in [6, 6.07) is 11.6. The number of sulfonamides is 1. The first-order valence-electron chi connectivity index (χ1n) is 10.2. The quantitative estimate of drug-likeness (QED) is 0.604. The van der Waals surface area contributed by atoms with Gasteiger partial charge in [0.2, 0.25) is 10.0 Å². The summed E-state index contributed by atoms with van der Waals surface area (Å²) in [6.45, 7) is 4.42. The van der Waals surface area contributed by atoms with Crippen molar-refractivity contribution in [1.82, 2.24) is 8.28 Å². The molecule has 32 heavy (non-hydrogen) atoms. The van der Waals surface area contributed by atoms with Crippen LogP contribution in [-0.2, 0) is 20.0 Å². The summed E-state index contributed by atoms with van der Waals surface area (Å²) in [5.74, 6) is -0.950. The minimum Gasteiger partial charge on any atom is -0.477 e. The summed E-state index contributed by atoms with van der Waals surface area (Å²) in [7, 11) is -8.00. The zero-order valence-corrected chi connectivity index (χ0v) is 19.4. The Bertz CT molecular complexity index is 1400. The highest BCUT2D eigenvalue weighted by atomic mass is 32.2. The molecule has 170 valence electrons. The summed E-state index contributed by atoms with van der Waals surface area (Å²) in [6.07, 6.45) is 1.55. The number of benzene rings is 2. The van der Waals surface area contributed by atoms with Gasteiger partial charge in [-0.15, -0.1) is 0 Å². The monoisotopic (exact) mass is 476 g/mol. The number of rotatable bonds is 5. The fourth-order valence-corrected chi connectivity index (χ4v) is 7.20. The number of carbonyl (C=O) groups is 1. The van der Waals surface area contributed by atoms with Crippen LogP contribution in [0.25, 0.3) is 10.9 Å². The molecule has 3 aromatic rings. The van der Waals surface area contributed by atoms with Gasteiger partial charge < -0.3 is 5.11 Å². The number of aryl methyl sites for hydroxylation is 1. The highest BCUT2D eigenvalue weighted by Crippen LogP contribution is 2.33. The highest BCUT2D eigenvalue weighted by molar-refractivity contribution is 7.90. The lowest BCUT2D eigenvalue weighted by Crippen LogP contribution is -2.37. The van der Waals surface area contributed by atoms with Crippen LogP contribution in [0.3, 0.4) is 0 Å². The fraction of sp³-hybridized carbons (Fsp3) is 0.318. The Hall–Kier alpha value is -2.69. The van der Waals surface area contributed by atoms with Gasteiger partial charge in [0.25, 0.3) is 10.0 Å². The summed E-state index contributed by atoms with van der Waals surface area (Å²) in [4.78, 5) is 12.0. The standard InChI is InChI=1S/C22H24N2O6S2/c1-15-10-12-23(13-11-15)31(27,28)18-8-9-20-19(14-18)16(2)21(22(25)26)24(20)32(29,30)17-6-4-3-5-7-17/h3-9,14-15H,10-13H2,1-2H3,(H,25,26). The molecule has 1 N–H and O–H groups in total. The molecule has 2 heterocycles. The molecule has 0 unspecified atom stereocenters. The minimum atomic E-state index is -4.22. The van der Waals surface area contributed by atoms with Crippen LogP contribution < -0.4 is 0 Å². The van der Waals surface area contributed by atoms with Crippen molar-refractivity contribution in [3.05, 3.63) is 59.8 Å². The second-order valence-corrected chi connectivity index (χ2v) is 11.9. The molecule has 0 radical (unpaired) electrons. The lowest BCUT2D eigenvalue weighted by atomic mass is 10.0. The number of hydrogen-bond donors (Lipinski definition) is 1. The number of fused-ring (bicyclic) bond motifs is 1. The van der Waals surface area contributed by atoms with Gasteiger partial charge in [0.05, 0.1) is 15.3 Å². The summed E-state index contributed by atoms with van der Waals surface area (Å²) < 4.78 is 55.2. The molecule has 0 amide bonds. The molecule has 0 aliphatic carbocycles. The molecule has 8 nitrogen and oxygen atoms in total. The Balaban J connectivity index is 1.91. The van der Waals surface area contributed by atoms with Crippen LogP contribution in [0.1, 0.15) is 35.8 Å². The van der Waals surface area contributed by atoms with E-state index in [2.05, 4.69) is 6.92 Å². The predicted octanol–water partition coefficient (Wildman–Crippen LogP) is 3.31. The second-order valence-electron chi connectivity index (χ2n) is 8.13. The van der Waals surface area contributed by atoms with Crippen molar-refractivity contribution in [3.63, 3.8) is 0 Å². The Kier molecular flexibility index (Phi) is 5.64. The van der Waals surface area contributed by atoms with Gasteiger partial charge in [0, 0.05) is 18.5 Å². The van der Waals surface area contributed by atoms with Crippen LogP contribution in [0.4, 0.5) is 0 Å². The number of aromatic nitrogens is 1. The van der Waals surface area contributed by atoms with Gasteiger partial charge in [-0.05, 0) is 61.6 Å². The molecule has 10 heteroatoms. The average Bonchev–Trinajstić information content (AvgIpc) is 3.07. The van der Waals surface area contributed by atoms with Crippen molar-refractivity contribution in [2.45, 2.75) is 36.5 Å². The van der Waals surface area contributed by atoms with Crippen LogP contribution in [0.2, 0.25) is 0 Å². The van der Waals surface area contributed by atoms with Crippen molar-refractivity contribution >= 4 is 36.9 Å². The van der Waals surface area contributed by atoms with Gasteiger partial charge in [0.1, 0.15) is 5.69 Å². The lowest BCUT2D eigenvalue weighted by Gasteiger charge is -2.29. The molecule has 1 fully saturated rings. The van der Waals surface area contributed by atoms with Gasteiger partial charge in [-0.3, -0.25) is 0 Å². The van der Waals surface area contributed by atoms with Crippen LogP contribution in [0.15, 0.2) is 58.3 Å². The zero-order valence-electron chi connectivity index (χ0n) is 17.7. The lowest BCUT2D eigenvalue weighted by molar-refractivity contribution is 0.0689. The number of hydrogen-bond acceptors (Lipinski definition) is 5. The summed E-state index contributed by atoms with van der Waals surface area (Å²) in [5.41, 5.74) is -0.100. The van der Waals surface area contributed by atoms with E-state index < -0.39 is 31.7 Å². The third kappa shape index (κ3) is 3.62. The van der Waals surface area contributed by atoms with Crippen LogP contribution in [0.5, 0.6) is 0 Å². The Labute approximate surface area is 187 Å². The van der Waals surface area contributed by atoms with Crippen LogP contribution >= 0.6 is 0 Å². The smallest absolute Gasteiger partial charge is 0.353 e. The van der Waals surface area contributed by atoms with Crippen molar-refractivity contribution in [2.24, 2.45) is 5.92 Å². The number of nitrogens with zero attached hydrogens (tertiary/aromatic N) is 2. The summed E-state index contributed by atoms with van der Waals surface area (Å²) >= 11 is 0.